The van der Waals surface area contributed by atoms with Crippen LogP contribution in [-0.4, -0.2) is 22.7 Å². The van der Waals surface area contributed by atoms with Gasteiger partial charge in [0.15, 0.2) is 0 Å². The molecule has 0 aromatic heterocycles. The number of rotatable bonds is 3. The van der Waals surface area contributed by atoms with Gasteiger partial charge in [0.05, 0.1) is 12.0 Å². The van der Waals surface area contributed by atoms with Crippen molar-refractivity contribution in [1.82, 2.24) is 0 Å². The first kappa shape index (κ1) is 11.4. The molecule has 0 spiro atoms. The number of carbonyl (C=O) groups excluding carboxylic acids is 1. The molecule has 2 nitrogen and oxygen atoms in total. The molecule has 0 bridgehead atoms. The molecule has 0 aliphatic heterocycles. The van der Waals surface area contributed by atoms with E-state index in [1.807, 2.05) is 0 Å². The van der Waals surface area contributed by atoms with Crippen molar-refractivity contribution in [3.05, 3.63) is 0 Å². The quantitative estimate of drug-likeness (QED) is 0.724. The fourth-order valence-corrected chi connectivity index (χ4v) is 1.03. The van der Waals surface area contributed by atoms with Crippen LogP contribution in [0.15, 0.2) is 0 Å². The van der Waals surface area contributed by atoms with Crippen molar-refractivity contribution in [2.45, 2.75) is 38.5 Å². The highest BCUT2D eigenvalue weighted by atomic mass is 19.4. The molecule has 0 aliphatic rings. The summed E-state index contributed by atoms with van der Waals surface area (Å²) in [6, 6.07) is 0. The van der Waals surface area contributed by atoms with Gasteiger partial charge in [-0.15, -0.1) is 0 Å². The molecule has 1 atom stereocenters. The van der Waals surface area contributed by atoms with Crippen molar-refractivity contribution < 1.29 is 23.1 Å². The van der Waals surface area contributed by atoms with Crippen LogP contribution in [0.1, 0.15) is 26.7 Å². The maximum atomic E-state index is 11.7. The summed E-state index contributed by atoms with van der Waals surface area (Å²) in [5, 5.41) is 9.08. The minimum Gasteiger partial charge on any atom is -0.389 e. The van der Waals surface area contributed by atoms with E-state index in [9.17, 15) is 18.0 Å². The SMILES string of the molecule is CC(=O)CC(C)(O)CC(F)(F)F. The summed E-state index contributed by atoms with van der Waals surface area (Å²) in [6.07, 6.45) is -6.24. The molecule has 1 N–H and O–H groups in total. The number of hydrogen-bond donors (Lipinski definition) is 1. The maximum absolute atomic E-state index is 11.7. The summed E-state index contributed by atoms with van der Waals surface area (Å²) in [4.78, 5) is 10.4. The van der Waals surface area contributed by atoms with Gasteiger partial charge < -0.3 is 5.11 Å². The third-order valence-corrected chi connectivity index (χ3v) is 1.21. The number of hydrogen-bond acceptors (Lipinski definition) is 2. The van der Waals surface area contributed by atoms with Crippen LogP contribution >= 0.6 is 0 Å². The van der Waals surface area contributed by atoms with Crippen molar-refractivity contribution in [2.75, 3.05) is 0 Å². The minimum absolute atomic E-state index is 0.454. The van der Waals surface area contributed by atoms with Gasteiger partial charge in [0.1, 0.15) is 5.78 Å². The molecule has 5 heteroatoms. The molecule has 0 aromatic carbocycles. The Morgan fingerprint density at radius 3 is 2.08 bits per heavy atom. The molecule has 0 fully saturated rings. The Morgan fingerprint density at radius 1 is 1.42 bits per heavy atom. The Bertz CT molecular complexity index is 172. The van der Waals surface area contributed by atoms with Gasteiger partial charge in [-0.2, -0.15) is 13.2 Å². The van der Waals surface area contributed by atoms with Crippen molar-refractivity contribution in [2.24, 2.45) is 0 Å². The van der Waals surface area contributed by atoms with Crippen LogP contribution in [0.3, 0.4) is 0 Å². The highest BCUT2D eigenvalue weighted by Crippen LogP contribution is 2.29. The Kier molecular flexibility index (Phi) is 3.26. The van der Waals surface area contributed by atoms with Gasteiger partial charge in [0.2, 0.25) is 0 Å². The predicted octanol–water partition coefficient (Wildman–Crippen LogP) is 1.67. The highest BCUT2D eigenvalue weighted by molar-refractivity contribution is 5.76. The topological polar surface area (TPSA) is 37.3 Å². The number of carbonyl (C=O) groups is 1. The molecule has 12 heavy (non-hydrogen) atoms. The number of Topliss-reactive ketones (excluding diaryl/α,β-unsaturated/α-hetero) is 1. The smallest absolute Gasteiger partial charge is 0.389 e. The fourth-order valence-electron chi connectivity index (χ4n) is 1.03. The van der Waals surface area contributed by atoms with Crippen LogP contribution < -0.4 is 0 Å². The lowest BCUT2D eigenvalue weighted by atomic mass is 9.96. The van der Waals surface area contributed by atoms with E-state index in [1.165, 1.54) is 0 Å². The van der Waals surface area contributed by atoms with Gasteiger partial charge in [-0.25, -0.2) is 0 Å². The van der Waals surface area contributed by atoms with E-state index in [-0.39, 0.29) is 0 Å². The minimum atomic E-state index is -4.43. The zero-order valence-corrected chi connectivity index (χ0v) is 6.90. The van der Waals surface area contributed by atoms with E-state index in [0.29, 0.717) is 0 Å². The molecule has 0 saturated heterocycles. The van der Waals surface area contributed by atoms with E-state index >= 15 is 0 Å². The summed E-state index contributed by atoms with van der Waals surface area (Å²) in [5.41, 5.74) is -1.97. The second kappa shape index (κ2) is 3.43. The normalized spacial score (nSPS) is 17.2. The van der Waals surface area contributed by atoms with Crippen LogP contribution in [0.2, 0.25) is 0 Å². The summed E-state index contributed by atoms with van der Waals surface area (Å²) >= 11 is 0. The maximum Gasteiger partial charge on any atom is 0.391 e. The van der Waals surface area contributed by atoms with Gasteiger partial charge in [0.25, 0.3) is 0 Å². The molecule has 72 valence electrons. The second-order valence-electron chi connectivity index (χ2n) is 3.17. The third-order valence-electron chi connectivity index (χ3n) is 1.21. The highest BCUT2D eigenvalue weighted by Gasteiger charge is 2.38. The van der Waals surface area contributed by atoms with Crippen molar-refractivity contribution >= 4 is 5.78 Å². The van der Waals surface area contributed by atoms with Crippen molar-refractivity contribution in [3.63, 3.8) is 0 Å². The first-order chi connectivity index (χ1) is 5.12. The first-order valence-electron chi connectivity index (χ1n) is 3.41. The summed E-state index contributed by atoms with van der Waals surface area (Å²) < 4.78 is 35.2. The third kappa shape index (κ3) is 6.15. The van der Waals surface area contributed by atoms with Gasteiger partial charge in [0, 0.05) is 6.42 Å². The van der Waals surface area contributed by atoms with E-state index in [4.69, 9.17) is 5.11 Å². The Morgan fingerprint density at radius 2 is 1.83 bits per heavy atom. The fraction of sp³-hybridized carbons (Fsp3) is 0.857. The van der Waals surface area contributed by atoms with Crippen LogP contribution in [0.25, 0.3) is 0 Å². The molecule has 0 rings (SSSR count). The molecule has 0 aromatic rings. The Hall–Kier alpha value is -0.580. The first-order valence-corrected chi connectivity index (χ1v) is 3.41. The summed E-state index contributed by atoms with van der Waals surface area (Å²) in [5.74, 6) is -0.454. The number of alkyl halides is 3. The molecule has 1 unspecified atom stereocenters. The number of ketones is 1. The zero-order valence-electron chi connectivity index (χ0n) is 6.90. The molecule has 0 aliphatic carbocycles. The average Bonchev–Trinajstić information content (AvgIpc) is 1.48. The predicted molar refractivity (Wildman–Crippen MR) is 36.6 cm³/mol. The Balaban J connectivity index is 4.13. The lowest BCUT2D eigenvalue weighted by Crippen LogP contribution is -2.33. The zero-order chi connectivity index (χ0) is 9.99. The molecular formula is C7H11F3O2. The molecule has 0 saturated carbocycles. The molecular weight excluding hydrogens is 173 g/mol. The molecule has 0 radical (unpaired) electrons. The van der Waals surface area contributed by atoms with Crippen LogP contribution in [-0.2, 0) is 4.79 Å². The monoisotopic (exact) mass is 184 g/mol. The number of aliphatic hydroxyl groups is 1. The van der Waals surface area contributed by atoms with Crippen molar-refractivity contribution in [1.29, 1.82) is 0 Å². The lowest BCUT2D eigenvalue weighted by molar-refractivity contribution is -0.174. The van der Waals surface area contributed by atoms with E-state index < -0.39 is 30.4 Å². The molecule has 0 heterocycles. The second-order valence-corrected chi connectivity index (χ2v) is 3.17. The summed E-state index contributed by atoms with van der Waals surface area (Å²) in [6.45, 7) is 2.15. The van der Waals surface area contributed by atoms with E-state index in [2.05, 4.69) is 0 Å². The van der Waals surface area contributed by atoms with E-state index in [0.717, 1.165) is 13.8 Å². The van der Waals surface area contributed by atoms with Gasteiger partial charge >= 0.3 is 6.18 Å². The van der Waals surface area contributed by atoms with Gasteiger partial charge in [-0.3, -0.25) is 4.79 Å². The van der Waals surface area contributed by atoms with Crippen molar-refractivity contribution in [3.8, 4) is 0 Å². The molecule has 0 amide bonds. The van der Waals surface area contributed by atoms with Crippen LogP contribution in [0.5, 0.6) is 0 Å². The van der Waals surface area contributed by atoms with E-state index in [1.54, 1.807) is 0 Å². The summed E-state index contributed by atoms with van der Waals surface area (Å²) in [7, 11) is 0. The van der Waals surface area contributed by atoms with Gasteiger partial charge in [-0.1, -0.05) is 0 Å². The number of halogens is 3. The largest absolute Gasteiger partial charge is 0.391 e. The Labute approximate surface area is 68.4 Å². The van der Waals surface area contributed by atoms with Crippen LogP contribution in [0.4, 0.5) is 13.2 Å². The standard InChI is InChI=1S/C7H11F3O2/c1-5(11)3-6(2,12)4-7(8,9)10/h12H,3-4H2,1-2H3. The average molecular weight is 184 g/mol. The van der Waals surface area contributed by atoms with Crippen LogP contribution in [0, 0.1) is 0 Å². The van der Waals surface area contributed by atoms with Gasteiger partial charge in [-0.05, 0) is 13.8 Å². The lowest BCUT2D eigenvalue weighted by Gasteiger charge is -2.22.